The van der Waals surface area contributed by atoms with Crippen LogP contribution in [0.15, 0.2) is 18.2 Å². The quantitative estimate of drug-likeness (QED) is 0.860. The molecule has 18 heavy (non-hydrogen) atoms. The van der Waals surface area contributed by atoms with Crippen molar-refractivity contribution in [3.8, 4) is 0 Å². The van der Waals surface area contributed by atoms with Crippen molar-refractivity contribution < 1.29 is 5.11 Å². The van der Waals surface area contributed by atoms with Gasteiger partial charge in [-0.25, -0.2) is 4.98 Å². The van der Waals surface area contributed by atoms with Crippen LogP contribution in [0.25, 0.3) is 0 Å². The second kappa shape index (κ2) is 5.70. The van der Waals surface area contributed by atoms with E-state index in [9.17, 15) is 5.11 Å². The van der Waals surface area contributed by atoms with Gasteiger partial charge in [0.2, 0.25) is 0 Å². The first kappa shape index (κ1) is 13.3. The minimum Gasteiger partial charge on any atom is -0.388 e. The molecule has 0 aromatic carbocycles. The van der Waals surface area contributed by atoms with E-state index in [1.807, 2.05) is 25.1 Å². The summed E-state index contributed by atoms with van der Waals surface area (Å²) in [6.07, 6.45) is 5.35. The highest BCUT2D eigenvalue weighted by Crippen LogP contribution is 2.33. The van der Waals surface area contributed by atoms with Gasteiger partial charge < -0.3 is 10.4 Å². The molecule has 0 spiro atoms. The first-order chi connectivity index (χ1) is 8.61. The second-order valence-corrected chi connectivity index (χ2v) is 5.59. The van der Waals surface area contributed by atoms with E-state index >= 15 is 0 Å². The highest BCUT2D eigenvalue weighted by Gasteiger charge is 2.32. The number of aryl methyl sites for hydroxylation is 1. The molecule has 1 saturated carbocycles. The van der Waals surface area contributed by atoms with Crippen LogP contribution in [-0.4, -0.2) is 22.2 Å². The van der Waals surface area contributed by atoms with Gasteiger partial charge in [0.15, 0.2) is 0 Å². The Balaban J connectivity index is 1.86. The van der Waals surface area contributed by atoms with Crippen molar-refractivity contribution >= 4 is 5.82 Å². The van der Waals surface area contributed by atoms with Crippen LogP contribution in [0.4, 0.5) is 5.82 Å². The predicted molar refractivity (Wildman–Crippen MR) is 74.7 cm³/mol. The normalized spacial score (nSPS) is 28.1. The summed E-state index contributed by atoms with van der Waals surface area (Å²) in [7, 11) is 0. The zero-order valence-electron chi connectivity index (χ0n) is 11.4. The van der Waals surface area contributed by atoms with E-state index in [0.29, 0.717) is 6.54 Å². The molecule has 100 valence electrons. The van der Waals surface area contributed by atoms with Gasteiger partial charge in [0, 0.05) is 12.2 Å². The van der Waals surface area contributed by atoms with Crippen molar-refractivity contribution in [2.75, 3.05) is 11.9 Å². The van der Waals surface area contributed by atoms with Crippen LogP contribution in [0.2, 0.25) is 0 Å². The van der Waals surface area contributed by atoms with E-state index in [1.54, 1.807) is 0 Å². The van der Waals surface area contributed by atoms with Crippen LogP contribution < -0.4 is 5.32 Å². The fraction of sp³-hybridized carbons (Fsp3) is 0.667. The molecule has 2 rings (SSSR count). The monoisotopic (exact) mass is 248 g/mol. The molecule has 2 N–H and O–H groups in total. The molecule has 0 bridgehead atoms. The summed E-state index contributed by atoms with van der Waals surface area (Å²) in [5, 5.41) is 13.8. The van der Waals surface area contributed by atoms with Gasteiger partial charge in [0.05, 0.1) is 5.60 Å². The Kier molecular flexibility index (Phi) is 4.23. The fourth-order valence-corrected chi connectivity index (χ4v) is 2.70. The molecule has 3 heteroatoms. The largest absolute Gasteiger partial charge is 0.388 e. The molecule has 0 unspecified atom stereocenters. The second-order valence-electron chi connectivity index (χ2n) is 5.59. The fourth-order valence-electron chi connectivity index (χ4n) is 2.70. The number of nitrogens with one attached hydrogen (secondary N) is 1. The third-order valence-electron chi connectivity index (χ3n) is 4.10. The first-order valence-electron chi connectivity index (χ1n) is 7.01. The third-order valence-corrected chi connectivity index (χ3v) is 4.10. The summed E-state index contributed by atoms with van der Waals surface area (Å²) in [5.74, 6) is 1.67. The van der Waals surface area contributed by atoms with Crippen molar-refractivity contribution in [1.82, 2.24) is 4.98 Å². The minimum atomic E-state index is -0.545. The predicted octanol–water partition coefficient (Wildman–Crippen LogP) is 3.13. The van der Waals surface area contributed by atoms with Gasteiger partial charge in [-0.2, -0.15) is 0 Å². The Morgan fingerprint density at radius 2 is 2.11 bits per heavy atom. The molecule has 1 fully saturated rings. The molecule has 0 radical (unpaired) electrons. The van der Waals surface area contributed by atoms with Gasteiger partial charge in [-0.1, -0.05) is 19.4 Å². The standard InChI is InChI=1S/C15H24N2O/c1-3-13-7-9-15(18,10-8-13)11-16-14-6-4-5-12(2)17-14/h4-6,13,18H,3,7-11H2,1-2H3,(H,16,17). The molecule has 0 aliphatic heterocycles. The zero-order chi connectivity index (χ0) is 13.0. The topological polar surface area (TPSA) is 45.1 Å². The Bertz CT molecular complexity index is 384. The Hall–Kier alpha value is -1.09. The zero-order valence-corrected chi connectivity index (χ0v) is 11.4. The molecule has 3 nitrogen and oxygen atoms in total. The van der Waals surface area contributed by atoms with Crippen LogP contribution in [-0.2, 0) is 0 Å². The first-order valence-corrected chi connectivity index (χ1v) is 7.01. The highest BCUT2D eigenvalue weighted by molar-refractivity contribution is 5.35. The van der Waals surface area contributed by atoms with Gasteiger partial charge in [0.1, 0.15) is 5.82 Å². The molecular formula is C15H24N2O. The van der Waals surface area contributed by atoms with Crippen LogP contribution in [0.3, 0.4) is 0 Å². The Morgan fingerprint density at radius 1 is 1.39 bits per heavy atom. The van der Waals surface area contributed by atoms with Crippen LogP contribution in [0.5, 0.6) is 0 Å². The molecule has 1 aromatic heterocycles. The van der Waals surface area contributed by atoms with E-state index < -0.39 is 5.60 Å². The molecular weight excluding hydrogens is 224 g/mol. The number of anilines is 1. The molecule has 1 aliphatic carbocycles. The van der Waals surface area contributed by atoms with Crippen molar-refractivity contribution in [2.24, 2.45) is 5.92 Å². The van der Waals surface area contributed by atoms with Crippen molar-refractivity contribution in [1.29, 1.82) is 0 Å². The lowest BCUT2D eigenvalue weighted by Gasteiger charge is -2.36. The van der Waals surface area contributed by atoms with Gasteiger partial charge in [0.25, 0.3) is 0 Å². The summed E-state index contributed by atoms with van der Waals surface area (Å²) >= 11 is 0. The lowest BCUT2D eigenvalue weighted by Crippen LogP contribution is -2.40. The van der Waals surface area contributed by atoms with Gasteiger partial charge >= 0.3 is 0 Å². The average molecular weight is 248 g/mol. The number of pyridine rings is 1. The smallest absolute Gasteiger partial charge is 0.126 e. The summed E-state index contributed by atoms with van der Waals surface area (Å²) in [6, 6.07) is 5.92. The van der Waals surface area contributed by atoms with E-state index in [0.717, 1.165) is 43.1 Å². The van der Waals surface area contributed by atoms with Crippen molar-refractivity contribution in [3.63, 3.8) is 0 Å². The highest BCUT2D eigenvalue weighted by atomic mass is 16.3. The summed E-state index contributed by atoms with van der Waals surface area (Å²) < 4.78 is 0. The lowest BCUT2D eigenvalue weighted by molar-refractivity contribution is 0.00223. The van der Waals surface area contributed by atoms with Gasteiger partial charge in [-0.05, 0) is 50.7 Å². The van der Waals surface area contributed by atoms with Crippen LogP contribution in [0, 0.1) is 12.8 Å². The number of aliphatic hydroxyl groups is 1. The number of hydrogen-bond acceptors (Lipinski definition) is 3. The summed E-state index contributed by atoms with van der Waals surface area (Å²) in [6.45, 7) is 4.83. The Morgan fingerprint density at radius 3 is 2.72 bits per heavy atom. The van der Waals surface area contributed by atoms with Crippen LogP contribution >= 0.6 is 0 Å². The SMILES string of the molecule is CCC1CCC(O)(CNc2cccc(C)n2)CC1. The third kappa shape index (κ3) is 3.45. The summed E-state index contributed by atoms with van der Waals surface area (Å²) in [5.41, 5.74) is 0.457. The summed E-state index contributed by atoms with van der Waals surface area (Å²) in [4.78, 5) is 4.40. The molecule has 1 aliphatic rings. The maximum atomic E-state index is 10.5. The molecule has 1 aromatic rings. The number of aromatic nitrogens is 1. The molecule has 0 saturated heterocycles. The Labute approximate surface area is 110 Å². The van der Waals surface area contributed by atoms with E-state index in [2.05, 4.69) is 17.2 Å². The van der Waals surface area contributed by atoms with Crippen molar-refractivity contribution in [3.05, 3.63) is 23.9 Å². The molecule has 0 atom stereocenters. The molecule has 0 amide bonds. The van der Waals surface area contributed by atoms with Gasteiger partial charge in [-0.3, -0.25) is 0 Å². The molecule has 1 heterocycles. The number of nitrogens with zero attached hydrogens (tertiary/aromatic N) is 1. The van der Waals surface area contributed by atoms with E-state index in [1.165, 1.54) is 6.42 Å². The van der Waals surface area contributed by atoms with Gasteiger partial charge in [-0.15, -0.1) is 0 Å². The van der Waals surface area contributed by atoms with Crippen LogP contribution in [0.1, 0.15) is 44.7 Å². The lowest BCUT2D eigenvalue weighted by atomic mass is 9.78. The van der Waals surface area contributed by atoms with E-state index in [4.69, 9.17) is 0 Å². The minimum absolute atomic E-state index is 0.545. The number of hydrogen-bond donors (Lipinski definition) is 2. The number of rotatable bonds is 4. The maximum Gasteiger partial charge on any atom is 0.126 e. The van der Waals surface area contributed by atoms with Crippen molar-refractivity contribution in [2.45, 2.75) is 51.6 Å². The van der Waals surface area contributed by atoms with E-state index in [-0.39, 0.29) is 0 Å². The average Bonchev–Trinajstić information content (AvgIpc) is 2.38. The maximum absolute atomic E-state index is 10.5.